The fraction of sp³-hybridized carbons (Fsp3) is 0.300. The Kier molecular flexibility index (Phi) is 5.32. The van der Waals surface area contributed by atoms with Gasteiger partial charge in [-0.05, 0) is 31.5 Å². The summed E-state index contributed by atoms with van der Waals surface area (Å²) >= 11 is 3.08. The molecule has 1 aromatic carbocycles. The number of benzene rings is 1. The Labute approximate surface area is 171 Å². The highest BCUT2D eigenvalue weighted by Crippen LogP contribution is 2.34. The van der Waals surface area contributed by atoms with E-state index in [1.807, 2.05) is 31.2 Å². The fourth-order valence-electron chi connectivity index (χ4n) is 3.34. The van der Waals surface area contributed by atoms with E-state index in [1.165, 1.54) is 16.6 Å². The molecule has 0 fully saturated rings. The molecular formula is C20H20N4O2S2. The van der Waals surface area contributed by atoms with Gasteiger partial charge in [-0.3, -0.25) is 9.59 Å². The normalized spacial score (nSPS) is 16.6. The van der Waals surface area contributed by atoms with Crippen LogP contribution in [0.5, 0.6) is 0 Å². The Bertz CT molecular complexity index is 1050. The molecule has 0 spiro atoms. The summed E-state index contributed by atoms with van der Waals surface area (Å²) in [5, 5.41) is 4.71. The van der Waals surface area contributed by atoms with E-state index in [0.717, 1.165) is 27.4 Å². The van der Waals surface area contributed by atoms with Crippen LogP contribution in [0.1, 0.15) is 25.1 Å². The summed E-state index contributed by atoms with van der Waals surface area (Å²) in [6.45, 7) is 4.02. The molecule has 2 amide bonds. The number of rotatable bonds is 4. The second-order valence-corrected chi connectivity index (χ2v) is 8.71. The van der Waals surface area contributed by atoms with Gasteiger partial charge in [-0.15, -0.1) is 11.3 Å². The van der Waals surface area contributed by atoms with Gasteiger partial charge in [0.25, 0.3) is 0 Å². The molecule has 8 heteroatoms. The molecule has 1 atom stereocenters. The largest absolute Gasteiger partial charge is 0.324 e. The number of fused-ring (bicyclic) bond motifs is 2. The zero-order chi connectivity index (χ0) is 19.7. The van der Waals surface area contributed by atoms with Gasteiger partial charge >= 0.3 is 0 Å². The molecule has 144 valence electrons. The number of nitrogens with zero attached hydrogens (tertiary/aromatic N) is 3. The topological polar surface area (TPSA) is 75.2 Å². The van der Waals surface area contributed by atoms with Crippen molar-refractivity contribution < 1.29 is 9.59 Å². The van der Waals surface area contributed by atoms with Gasteiger partial charge in [0, 0.05) is 22.7 Å². The predicted octanol–water partition coefficient (Wildman–Crippen LogP) is 4.11. The first kappa shape index (κ1) is 18.9. The first-order valence-corrected chi connectivity index (χ1v) is 10.9. The molecule has 1 aliphatic heterocycles. The van der Waals surface area contributed by atoms with E-state index in [0.29, 0.717) is 5.69 Å². The third-order valence-corrected chi connectivity index (χ3v) is 6.83. The summed E-state index contributed by atoms with van der Waals surface area (Å²) < 4.78 is 0. The smallest absolute Gasteiger partial charge is 0.237 e. The van der Waals surface area contributed by atoms with Crippen LogP contribution in [0.3, 0.4) is 0 Å². The van der Waals surface area contributed by atoms with Crippen molar-refractivity contribution in [3.63, 3.8) is 0 Å². The average molecular weight is 413 g/mol. The molecule has 4 rings (SSSR count). The molecule has 0 radical (unpaired) electrons. The highest BCUT2D eigenvalue weighted by molar-refractivity contribution is 8.00. The van der Waals surface area contributed by atoms with Gasteiger partial charge < -0.3 is 10.2 Å². The minimum absolute atomic E-state index is 0.0424. The molecule has 0 aliphatic carbocycles. The number of carbonyl (C=O) groups excluding carboxylic acids is 2. The van der Waals surface area contributed by atoms with Gasteiger partial charge in [-0.2, -0.15) is 0 Å². The zero-order valence-electron chi connectivity index (χ0n) is 15.6. The van der Waals surface area contributed by atoms with E-state index in [4.69, 9.17) is 0 Å². The van der Waals surface area contributed by atoms with Crippen molar-refractivity contribution in [2.75, 3.05) is 16.0 Å². The number of aromatic nitrogens is 2. The van der Waals surface area contributed by atoms with Crippen molar-refractivity contribution in [1.29, 1.82) is 0 Å². The van der Waals surface area contributed by atoms with E-state index >= 15 is 0 Å². The molecule has 0 unspecified atom stereocenters. The summed E-state index contributed by atoms with van der Waals surface area (Å²) in [6, 6.07) is 9.32. The second-order valence-electron chi connectivity index (χ2n) is 6.63. The van der Waals surface area contributed by atoms with Gasteiger partial charge in [0.2, 0.25) is 11.8 Å². The van der Waals surface area contributed by atoms with Crippen molar-refractivity contribution in [3.05, 3.63) is 41.5 Å². The van der Waals surface area contributed by atoms with E-state index in [9.17, 15) is 9.59 Å². The van der Waals surface area contributed by atoms with Gasteiger partial charge in [0.1, 0.15) is 16.2 Å². The van der Waals surface area contributed by atoms with Crippen LogP contribution in [0.15, 0.2) is 41.7 Å². The molecule has 28 heavy (non-hydrogen) atoms. The summed E-state index contributed by atoms with van der Waals surface area (Å²) in [6.07, 6.45) is 2.78. The predicted molar refractivity (Wildman–Crippen MR) is 114 cm³/mol. The number of para-hydroxylation sites is 2. The van der Waals surface area contributed by atoms with Crippen molar-refractivity contribution in [2.45, 2.75) is 37.8 Å². The van der Waals surface area contributed by atoms with Crippen LogP contribution in [0, 0.1) is 0 Å². The maximum Gasteiger partial charge on any atom is 0.237 e. The minimum Gasteiger partial charge on any atom is -0.324 e. The Hall–Kier alpha value is -2.45. The molecule has 0 bridgehead atoms. The standard InChI is InChI=1S/C20H20N4O2S2/c1-3-13-9-14-19(21-11-22-20(14)28-13)27-10-18(26)24-12(2)8-17(25)23-15-6-4-5-7-16(15)24/h4-7,9,11-12H,3,8,10H2,1-2H3,(H,23,25)/t12-/m1/s1. The van der Waals surface area contributed by atoms with Gasteiger partial charge in [-0.1, -0.05) is 30.8 Å². The van der Waals surface area contributed by atoms with Gasteiger partial charge in [0.15, 0.2) is 0 Å². The SMILES string of the molecule is CCc1cc2c(SCC(=O)N3c4ccccc4NC(=O)C[C@H]3C)ncnc2s1. The highest BCUT2D eigenvalue weighted by atomic mass is 32.2. The maximum absolute atomic E-state index is 13.1. The Balaban J connectivity index is 1.58. The molecule has 0 saturated carbocycles. The number of hydrogen-bond donors (Lipinski definition) is 1. The quantitative estimate of drug-likeness (QED) is 0.516. The number of thiophene rings is 1. The lowest BCUT2D eigenvalue weighted by molar-refractivity contribution is -0.117. The van der Waals surface area contributed by atoms with Crippen LogP contribution in [0.4, 0.5) is 11.4 Å². The summed E-state index contributed by atoms with van der Waals surface area (Å²) in [7, 11) is 0. The molecular weight excluding hydrogens is 392 g/mol. The second kappa shape index (κ2) is 7.89. The van der Waals surface area contributed by atoms with E-state index in [2.05, 4.69) is 28.3 Å². The lowest BCUT2D eigenvalue weighted by atomic mass is 10.2. The Morgan fingerprint density at radius 3 is 3.00 bits per heavy atom. The lowest BCUT2D eigenvalue weighted by Crippen LogP contribution is -2.40. The number of aryl methyl sites for hydroxylation is 1. The van der Waals surface area contributed by atoms with Crippen molar-refractivity contribution in [3.8, 4) is 0 Å². The van der Waals surface area contributed by atoms with Crippen LogP contribution in [0.25, 0.3) is 10.2 Å². The van der Waals surface area contributed by atoms with E-state index in [-0.39, 0.29) is 30.0 Å². The third-order valence-electron chi connectivity index (χ3n) is 4.65. The summed E-state index contributed by atoms with van der Waals surface area (Å²) in [4.78, 5) is 37.9. The lowest BCUT2D eigenvalue weighted by Gasteiger charge is -2.27. The highest BCUT2D eigenvalue weighted by Gasteiger charge is 2.29. The number of carbonyl (C=O) groups is 2. The van der Waals surface area contributed by atoms with Crippen LogP contribution < -0.4 is 10.2 Å². The number of hydrogen-bond acceptors (Lipinski definition) is 6. The summed E-state index contributed by atoms with van der Waals surface area (Å²) in [5.74, 6) is 0.126. The fourth-order valence-corrected chi connectivity index (χ4v) is 5.17. The van der Waals surface area contributed by atoms with Crippen molar-refractivity contribution in [1.82, 2.24) is 9.97 Å². The van der Waals surface area contributed by atoms with Crippen LogP contribution >= 0.6 is 23.1 Å². The van der Waals surface area contributed by atoms with Gasteiger partial charge in [-0.25, -0.2) is 9.97 Å². The van der Waals surface area contributed by atoms with Gasteiger partial charge in [0.05, 0.1) is 17.1 Å². The van der Waals surface area contributed by atoms with E-state index in [1.54, 1.807) is 22.6 Å². The number of anilines is 2. The molecule has 2 aromatic heterocycles. The zero-order valence-corrected chi connectivity index (χ0v) is 17.3. The summed E-state index contributed by atoms with van der Waals surface area (Å²) in [5.41, 5.74) is 1.41. The van der Waals surface area contributed by atoms with Crippen LogP contribution in [-0.4, -0.2) is 33.6 Å². The van der Waals surface area contributed by atoms with Crippen molar-refractivity contribution in [2.24, 2.45) is 0 Å². The molecule has 1 N–H and O–H groups in total. The Morgan fingerprint density at radius 2 is 2.18 bits per heavy atom. The van der Waals surface area contributed by atoms with Crippen LogP contribution in [-0.2, 0) is 16.0 Å². The number of nitrogens with one attached hydrogen (secondary N) is 1. The number of amides is 2. The van der Waals surface area contributed by atoms with E-state index < -0.39 is 0 Å². The molecule has 6 nitrogen and oxygen atoms in total. The average Bonchev–Trinajstić information content (AvgIpc) is 3.06. The first-order chi connectivity index (χ1) is 13.6. The van der Waals surface area contributed by atoms with Crippen molar-refractivity contribution >= 4 is 56.5 Å². The molecule has 3 aromatic rings. The third kappa shape index (κ3) is 3.62. The monoisotopic (exact) mass is 412 g/mol. The molecule has 1 aliphatic rings. The molecule has 3 heterocycles. The maximum atomic E-state index is 13.1. The van der Waals surface area contributed by atoms with Crippen LogP contribution in [0.2, 0.25) is 0 Å². The first-order valence-electron chi connectivity index (χ1n) is 9.14. The molecule has 0 saturated heterocycles. The number of thioether (sulfide) groups is 1. The Morgan fingerprint density at radius 1 is 1.36 bits per heavy atom. The minimum atomic E-state index is -0.213.